The Labute approximate surface area is 120 Å². The minimum atomic E-state index is -0.199. The molecule has 2 heterocycles. The van der Waals surface area contributed by atoms with Gasteiger partial charge in [0.05, 0.1) is 5.92 Å². The molecule has 1 aliphatic rings. The molecule has 1 aromatic heterocycles. The van der Waals surface area contributed by atoms with Crippen LogP contribution in [0.1, 0.15) is 39.4 Å². The van der Waals surface area contributed by atoms with Crippen LogP contribution in [0.3, 0.4) is 0 Å². The van der Waals surface area contributed by atoms with E-state index in [0.29, 0.717) is 12.0 Å². The van der Waals surface area contributed by atoms with Crippen LogP contribution >= 0.6 is 0 Å². The van der Waals surface area contributed by atoms with Gasteiger partial charge >= 0.3 is 0 Å². The number of nitrogens with one attached hydrogen (secondary N) is 1. The van der Waals surface area contributed by atoms with E-state index in [4.69, 9.17) is 5.73 Å². The zero-order valence-corrected chi connectivity index (χ0v) is 12.7. The van der Waals surface area contributed by atoms with E-state index in [-0.39, 0.29) is 17.9 Å². The third kappa shape index (κ3) is 3.20. The molecule has 1 aliphatic heterocycles. The van der Waals surface area contributed by atoms with Crippen molar-refractivity contribution in [3.8, 4) is 0 Å². The first-order valence-electron chi connectivity index (χ1n) is 7.58. The van der Waals surface area contributed by atoms with Crippen molar-refractivity contribution in [3.05, 3.63) is 18.2 Å². The molecule has 0 aromatic carbocycles. The van der Waals surface area contributed by atoms with Gasteiger partial charge < -0.3 is 15.6 Å². The topological polar surface area (TPSA) is 72.9 Å². The van der Waals surface area contributed by atoms with E-state index in [1.807, 2.05) is 12.4 Å². The highest BCUT2D eigenvalue weighted by Gasteiger charge is 2.37. The quantitative estimate of drug-likeness (QED) is 0.853. The Morgan fingerprint density at radius 2 is 2.30 bits per heavy atom. The van der Waals surface area contributed by atoms with E-state index in [1.165, 1.54) is 0 Å². The monoisotopic (exact) mass is 278 g/mol. The number of aryl methyl sites for hydroxylation is 1. The minimum absolute atomic E-state index is 0.0873. The van der Waals surface area contributed by atoms with Gasteiger partial charge in [-0.15, -0.1) is 0 Å². The lowest BCUT2D eigenvalue weighted by Crippen LogP contribution is -2.55. The number of piperidine rings is 1. The zero-order valence-electron chi connectivity index (χ0n) is 12.7. The Bertz CT molecular complexity index is 456. The van der Waals surface area contributed by atoms with Crippen molar-refractivity contribution in [2.24, 2.45) is 17.6 Å². The molecule has 0 spiro atoms. The average Bonchev–Trinajstić information content (AvgIpc) is 2.75. The first-order chi connectivity index (χ1) is 9.52. The summed E-state index contributed by atoms with van der Waals surface area (Å²) in [6.07, 6.45) is 6.67. The fraction of sp³-hybridized carbons (Fsp3) is 0.733. The second kappa shape index (κ2) is 6.39. The summed E-state index contributed by atoms with van der Waals surface area (Å²) in [4.78, 5) is 16.2. The van der Waals surface area contributed by atoms with Gasteiger partial charge in [-0.25, -0.2) is 4.98 Å². The van der Waals surface area contributed by atoms with Crippen molar-refractivity contribution < 1.29 is 4.79 Å². The number of primary amides is 1. The first kappa shape index (κ1) is 15.0. The van der Waals surface area contributed by atoms with Crippen LogP contribution in [0.2, 0.25) is 0 Å². The molecular weight excluding hydrogens is 252 g/mol. The molecule has 20 heavy (non-hydrogen) atoms. The van der Waals surface area contributed by atoms with E-state index in [9.17, 15) is 4.79 Å². The second-order valence-corrected chi connectivity index (χ2v) is 6.06. The molecule has 1 fully saturated rings. The molecule has 5 nitrogen and oxygen atoms in total. The summed E-state index contributed by atoms with van der Waals surface area (Å²) < 4.78 is 2.17. The van der Waals surface area contributed by atoms with Crippen LogP contribution < -0.4 is 11.1 Å². The third-order valence-electron chi connectivity index (χ3n) is 4.27. The predicted molar refractivity (Wildman–Crippen MR) is 79.1 cm³/mol. The van der Waals surface area contributed by atoms with Crippen LogP contribution in [-0.4, -0.2) is 27.5 Å². The maximum absolute atomic E-state index is 11.8. The molecule has 5 heteroatoms. The van der Waals surface area contributed by atoms with E-state index in [1.54, 1.807) is 0 Å². The third-order valence-corrected chi connectivity index (χ3v) is 4.27. The van der Waals surface area contributed by atoms with Crippen molar-refractivity contribution in [1.29, 1.82) is 0 Å². The molecule has 4 unspecified atom stereocenters. The molecule has 1 amide bonds. The predicted octanol–water partition coefficient (Wildman–Crippen LogP) is 1.32. The van der Waals surface area contributed by atoms with Crippen molar-refractivity contribution in [1.82, 2.24) is 14.9 Å². The maximum atomic E-state index is 11.8. The zero-order chi connectivity index (χ0) is 14.7. The van der Waals surface area contributed by atoms with Gasteiger partial charge in [-0.1, -0.05) is 13.8 Å². The van der Waals surface area contributed by atoms with Crippen molar-refractivity contribution in [2.75, 3.05) is 0 Å². The minimum Gasteiger partial charge on any atom is -0.369 e. The van der Waals surface area contributed by atoms with Crippen molar-refractivity contribution in [2.45, 2.75) is 58.7 Å². The molecule has 0 bridgehead atoms. The van der Waals surface area contributed by atoms with Gasteiger partial charge in [0.2, 0.25) is 5.91 Å². The fourth-order valence-electron chi connectivity index (χ4n) is 3.47. The number of nitrogens with two attached hydrogens (primary N) is 1. The Balaban J connectivity index is 2.15. The van der Waals surface area contributed by atoms with E-state index < -0.39 is 0 Å². The second-order valence-electron chi connectivity index (χ2n) is 6.06. The van der Waals surface area contributed by atoms with Gasteiger partial charge in [0.15, 0.2) is 0 Å². The summed E-state index contributed by atoms with van der Waals surface area (Å²) in [5.74, 6) is 1.05. The molecular formula is C15H26N4O. The molecule has 2 rings (SSSR count). The lowest BCUT2D eigenvalue weighted by Gasteiger charge is -2.39. The standard InChI is InChI=1S/C15H26N4O/c1-4-6-19-7-5-17-13(19)9-12-14(15(16)20)10(2)8-11(3)18-12/h5,7,10-12,14,18H,4,6,8-9H2,1-3H3,(H2,16,20). The van der Waals surface area contributed by atoms with Gasteiger partial charge in [0, 0.05) is 37.4 Å². The van der Waals surface area contributed by atoms with Crippen LogP contribution in [0.25, 0.3) is 0 Å². The molecule has 0 saturated carbocycles. The van der Waals surface area contributed by atoms with Crippen molar-refractivity contribution in [3.63, 3.8) is 0 Å². The summed E-state index contributed by atoms with van der Waals surface area (Å²) in [7, 11) is 0. The fourth-order valence-corrected chi connectivity index (χ4v) is 3.47. The molecule has 112 valence electrons. The molecule has 0 aliphatic carbocycles. The highest BCUT2D eigenvalue weighted by atomic mass is 16.1. The number of rotatable bonds is 5. The average molecular weight is 278 g/mol. The highest BCUT2D eigenvalue weighted by Crippen LogP contribution is 2.28. The van der Waals surface area contributed by atoms with Crippen LogP contribution in [0, 0.1) is 11.8 Å². The number of hydrogen-bond acceptors (Lipinski definition) is 3. The SMILES string of the molecule is CCCn1ccnc1CC1NC(C)CC(C)C1C(N)=O. The van der Waals surface area contributed by atoms with E-state index >= 15 is 0 Å². The molecule has 1 saturated heterocycles. The van der Waals surface area contributed by atoms with Gasteiger partial charge in [-0.05, 0) is 25.7 Å². The van der Waals surface area contributed by atoms with E-state index in [2.05, 4.69) is 35.6 Å². The highest BCUT2D eigenvalue weighted by molar-refractivity contribution is 5.78. The van der Waals surface area contributed by atoms with Crippen LogP contribution in [0.4, 0.5) is 0 Å². The number of amides is 1. The van der Waals surface area contributed by atoms with Crippen LogP contribution in [0.5, 0.6) is 0 Å². The lowest BCUT2D eigenvalue weighted by molar-refractivity contribution is -0.125. The van der Waals surface area contributed by atoms with Gasteiger partial charge in [0.25, 0.3) is 0 Å². The normalized spacial score (nSPS) is 30.4. The first-order valence-corrected chi connectivity index (χ1v) is 7.58. The summed E-state index contributed by atoms with van der Waals surface area (Å²) >= 11 is 0. The number of aromatic nitrogens is 2. The van der Waals surface area contributed by atoms with Gasteiger partial charge in [-0.2, -0.15) is 0 Å². The van der Waals surface area contributed by atoms with Gasteiger partial charge in [-0.3, -0.25) is 4.79 Å². The number of hydrogen-bond donors (Lipinski definition) is 2. The summed E-state index contributed by atoms with van der Waals surface area (Å²) in [5.41, 5.74) is 5.61. The molecule has 0 radical (unpaired) electrons. The number of carbonyl (C=O) groups is 1. The lowest BCUT2D eigenvalue weighted by atomic mass is 9.77. The van der Waals surface area contributed by atoms with Crippen LogP contribution in [0.15, 0.2) is 12.4 Å². The number of imidazole rings is 1. The Morgan fingerprint density at radius 1 is 1.55 bits per heavy atom. The summed E-state index contributed by atoms with van der Waals surface area (Å²) in [5, 5.41) is 3.53. The Kier molecular flexibility index (Phi) is 4.81. The summed E-state index contributed by atoms with van der Waals surface area (Å²) in [6, 6.07) is 0.504. The van der Waals surface area contributed by atoms with Crippen molar-refractivity contribution >= 4 is 5.91 Å². The van der Waals surface area contributed by atoms with Gasteiger partial charge in [0.1, 0.15) is 5.82 Å². The maximum Gasteiger partial charge on any atom is 0.222 e. The molecule has 1 aromatic rings. The molecule has 4 atom stereocenters. The van der Waals surface area contributed by atoms with E-state index in [0.717, 1.165) is 31.6 Å². The van der Waals surface area contributed by atoms with Crippen LogP contribution in [-0.2, 0) is 17.8 Å². The smallest absolute Gasteiger partial charge is 0.222 e. The largest absolute Gasteiger partial charge is 0.369 e. The number of nitrogens with zero attached hydrogens (tertiary/aromatic N) is 2. The summed E-state index contributed by atoms with van der Waals surface area (Å²) in [6.45, 7) is 7.41. The number of carbonyl (C=O) groups excluding carboxylic acids is 1. The Hall–Kier alpha value is -1.36. The Morgan fingerprint density at radius 3 is 2.95 bits per heavy atom. The molecule has 3 N–H and O–H groups in total.